The van der Waals surface area contributed by atoms with E-state index < -0.39 is 10.9 Å². The molecule has 1 saturated heterocycles. The summed E-state index contributed by atoms with van der Waals surface area (Å²) < 4.78 is 11.1. The van der Waals surface area contributed by atoms with Crippen LogP contribution in [0.5, 0.6) is 11.5 Å². The minimum atomic E-state index is -0.688. The lowest BCUT2D eigenvalue weighted by atomic mass is 10.1. The van der Waals surface area contributed by atoms with E-state index >= 15 is 0 Å². The summed E-state index contributed by atoms with van der Waals surface area (Å²) in [6, 6.07) is 14.7. The summed E-state index contributed by atoms with van der Waals surface area (Å²) in [4.78, 5) is 37.6. The Hall–Kier alpha value is -3.44. The number of nitro benzene ring substituents is 1. The number of nitro groups is 1. The van der Waals surface area contributed by atoms with Crippen LogP contribution in [-0.4, -0.2) is 28.2 Å². The molecule has 0 atom stereocenters. The second kappa shape index (κ2) is 10.7. The van der Waals surface area contributed by atoms with E-state index in [1.54, 1.807) is 18.2 Å². The van der Waals surface area contributed by atoms with E-state index in [1.165, 1.54) is 60.5 Å². The minimum Gasteiger partial charge on any atom is -0.493 e. The topological polar surface area (TPSA) is 99.0 Å². The molecule has 182 valence electrons. The molecule has 0 aliphatic carbocycles. The van der Waals surface area contributed by atoms with Gasteiger partial charge in [0.1, 0.15) is 0 Å². The first-order valence-corrected chi connectivity index (χ1v) is 12.0. The Kier molecular flexibility index (Phi) is 7.60. The molecule has 3 aromatic carbocycles. The van der Waals surface area contributed by atoms with E-state index in [-0.39, 0.29) is 38.0 Å². The molecule has 0 radical (unpaired) electrons. The quantitative estimate of drug-likeness (QED) is 0.0836. The fourth-order valence-corrected chi connectivity index (χ4v) is 5.02. The van der Waals surface area contributed by atoms with Crippen LogP contribution in [0.2, 0.25) is 10.0 Å². The maximum Gasteiger partial charge on any atom is 0.345 e. The summed E-state index contributed by atoms with van der Waals surface area (Å²) >= 11 is 18.4. The number of rotatable bonds is 6. The van der Waals surface area contributed by atoms with Gasteiger partial charge < -0.3 is 9.47 Å². The van der Waals surface area contributed by atoms with Crippen LogP contribution in [0.3, 0.4) is 0 Å². The maximum atomic E-state index is 13.0. The molecule has 1 fully saturated rings. The fourth-order valence-electron chi connectivity index (χ4n) is 3.23. The van der Waals surface area contributed by atoms with Crippen LogP contribution >= 0.6 is 47.2 Å². The van der Waals surface area contributed by atoms with Crippen LogP contribution in [0.25, 0.3) is 6.08 Å². The van der Waals surface area contributed by atoms with Crippen LogP contribution in [0, 0.1) is 10.1 Å². The number of hydrogen-bond acceptors (Lipinski definition) is 8. The average molecular weight is 561 g/mol. The number of thioether (sulfide) groups is 1. The Labute approximate surface area is 224 Å². The molecule has 0 spiro atoms. The molecule has 4 rings (SSSR count). The zero-order valence-corrected chi connectivity index (χ0v) is 21.4. The van der Waals surface area contributed by atoms with Crippen molar-refractivity contribution in [2.45, 2.75) is 0 Å². The highest BCUT2D eigenvalue weighted by Gasteiger charge is 2.33. The fraction of sp³-hybridized carbons (Fsp3) is 0.0417. The van der Waals surface area contributed by atoms with Crippen LogP contribution in [0.15, 0.2) is 65.6 Å². The summed E-state index contributed by atoms with van der Waals surface area (Å²) in [7, 11) is 1.42. The van der Waals surface area contributed by atoms with Crippen molar-refractivity contribution in [3.05, 3.63) is 96.9 Å². The third kappa shape index (κ3) is 5.36. The van der Waals surface area contributed by atoms with Gasteiger partial charge in [-0.25, -0.2) is 4.79 Å². The standard InChI is InChI=1S/C24H14Cl2N2O6S2/c1-33-20-10-13(2-9-19(20)34-23(30)17-8-3-14(25)12-18(17)26)11-21-22(29)27(24(35)36-21)15-4-6-16(7-5-15)28(31)32/h2-12H,1H3/b21-11-. The summed E-state index contributed by atoms with van der Waals surface area (Å²) in [5.74, 6) is -0.644. The van der Waals surface area contributed by atoms with Gasteiger partial charge in [-0.05, 0) is 54.1 Å². The number of halogens is 2. The molecule has 0 N–H and O–H groups in total. The Morgan fingerprint density at radius 3 is 2.44 bits per heavy atom. The van der Waals surface area contributed by atoms with Crippen molar-refractivity contribution >= 4 is 80.8 Å². The normalized spacial score (nSPS) is 14.3. The van der Waals surface area contributed by atoms with Crippen molar-refractivity contribution in [2.75, 3.05) is 12.0 Å². The van der Waals surface area contributed by atoms with Crippen molar-refractivity contribution in [1.29, 1.82) is 0 Å². The van der Waals surface area contributed by atoms with Gasteiger partial charge in [-0.2, -0.15) is 0 Å². The van der Waals surface area contributed by atoms with Gasteiger partial charge in [-0.1, -0.05) is 53.2 Å². The lowest BCUT2D eigenvalue weighted by Gasteiger charge is -2.14. The zero-order valence-electron chi connectivity index (χ0n) is 18.3. The number of benzene rings is 3. The molecule has 8 nitrogen and oxygen atoms in total. The molecule has 1 amide bonds. The second-order valence-corrected chi connectivity index (χ2v) is 9.73. The largest absolute Gasteiger partial charge is 0.493 e. The second-order valence-electron chi connectivity index (χ2n) is 7.21. The molecule has 12 heteroatoms. The number of esters is 1. The van der Waals surface area contributed by atoms with Gasteiger partial charge in [0.15, 0.2) is 15.8 Å². The molecule has 1 aliphatic rings. The number of hydrogen-bond donors (Lipinski definition) is 0. The van der Waals surface area contributed by atoms with E-state index in [1.807, 2.05) is 0 Å². The molecule has 0 unspecified atom stereocenters. The smallest absolute Gasteiger partial charge is 0.345 e. The highest BCUT2D eigenvalue weighted by molar-refractivity contribution is 8.27. The van der Waals surface area contributed by atoms with Gasteiger partial charge in [0, 0.05) is 17.2 Å². The van der Waals surface area contributed by atoms with Crippen molar-refractivity contribution in [2.24, 2.45) is 0 Å². The molecular weight excluding hydrogens is 547 g/mol. The maximum absolute atomic E-state index is 13.0. The Bertz CT molecular complexity index is 1440. The van der Waals surface area contributed by atoms with Crippen LogP contribution < -0.4 is 14.4 Å². The third-order valence-electron chi connectivity index (χ3n) is 4.95. The predicted molar refractivity (Wildman–Crippen MR) is 143 cm³/mol. The van der Waals surface area contributed by atoms with Gasteiger partial charge in [-0.3, -0.25) is 19.8 Å². The first-order chi connectivity index (χ1) is 17.2. The van der Waals surface area contributed by atoms with Gasteiger partial charge in [0.25, 0.3) is 11.6 Å². The summed E-state index contributed by atoms with van der Waals surface area (Å²) in [6.07, 6.45) is 1.62. The minimum absolute atomic E-state index is 0.0917. The van der Waals surface area contributed by atoms with E-state index in [0.717, 1.165) is 11.8 Å². The zero-order chi connectivity index (χ0) is 26.0. The highest BCUT2D eigenvalue weighted by atomic mass is 35.5. The number of nitrogens with zero attached hydrogens (tertiary/aromatic N) is 2. The molecule has 0 bridgehead atoms. The number of thiocarbonyl (C=S) groups is 1. The average Bonchev–Trinajstić information content (AvgIpc) is 3.12. The lowest BCUT2D eigenvalue weighted by Crippen LogP contribution is -2.27. The Morgan fingerprint density at radius 1 is 1.08 bits per heavy atom. The number of amides is 1. The molecule has 1 heterocycles. The number of methoxy groups -OCH3 is 1. The van der Waals surface area contributed by atoms with Crippen LogP contribution in [0.4, 0.5) is 11.4 Å². The summed E-state index contributed by atoms with van der Waals surface area (Å²) in [5, 5.41) is 11.4. The van der Waals surface area contributed by atoms with E-state index in [2.05, 4.69) is 0 Å². The monoisotopic (exact) mass is 560 g/mol. The SMILES string of the molecule is COc1cc(/C=C2\SC(=S)N(c3ccc([N+](=O)[O-])cc3)C2=O)ccc1OC(=O)c1ccc(Cl)cc1Cl. The molecular formula is C24H14Cl2N2O6S2. The number of carbonyl (C=O) groups is 2. The number of anilines is 1. The predicted octanol–water partition coefficient (Wildman–Crippen LogP) is 6.54. The molecule has 3 aromatic rings. The number of carbonyl (C=O) groups excluding carboxylic acids is 2. The molecule has 0 saturated carbocycles. The molecule has 36 heavy (non-hydrogen) atoms. The van der Waals surface area contributed by atoms with Gasteiger partial charge >= 0.3 is 5.97 Å². The van der Waals surface area contributed by atoms with Crippen LogP contribution in [-0.2, 0) is 4.79 Å². The van der Waals surface area contributed by atoms with E-state index in [0.29, 0.717) is 21.2 Å². The van der Waals surface area contributed by atoms with Gasteiger partial charge in [-0.15, -0.1) is 0 Å². The third-order valence-corrected chi connectivity index (χ3v) is 6.80. The van der Waals surface area contributed by atoms with Crippen molar-refractivity contribution in [3.8, 4) is 11.5 Å². The number of non-ortho nitro benzene ring substituents is 1. The summed E-state index contributed by atoms with van der Waals surface area (Å²) in [6.45, 7) is 0. The van der Waals surface area contributed by atoms with Gasteiger partial charge in [0.05, 0.1) is 33.2 Å². The Balaban J connectivity index is 1.55. The van der Waals surface area contributed by atoms with Crippen molar-refractivity contribution < 1.29 is 24.0 Å². The first-order valence-electron chi connectivity index (χ1n) is 10.1. The summed E-state index contributed by atoms with van der Waals surface area (Å²) in [5.41, 5.74) is 1.07. The lowest BCUT2D eigenvalue weighted by molar-refractivity contribution is -0.384. The van der Waals surface area contributed by atoms with Crippen molar-refractivity contribution in [3.63, 3.8) is 0 Å². The van der Waals surface area contributed by atoms with Gasteiger partial charge in [0.2, 0.25) is 0 Å². The van der Waals surface area contributed by atoms with Crippen LogP contribution in [0.1, 0.15) is 15.9 Å². The number of ether oxygens (including phenoxy) is 2. The highest BCUT2D eigenvalue weighted by Crippen LogP contribution is 2.38. The van der Waals surface area contributed by atoms with E-state index in [9.17, 15) is 19.7 Å². The first kappa shape index (κ1) is 25.6. The van der Waals surface area contributed by atoms with E-state index in [4.69, 9.17) is 44.9 Å². The molecule has 0 aromatic heterocycles. The molecule has 1 aliphatic heterocycles. The Morgan fingerprint density at radius 2 is 1.81 bits per heavy atom. The van der Waals surface area contributed by atoms with Crippen molar-refractivity contribution in [1.82, 2.24) is 0 Å².